The van der Waals surface area contributed by atoms with Gasteiger partial charge >= 0.3 is 11.9 Å². The zero-order valence-electron chi connectivity index (χ0n) is 17.6. The van der Waals surface area contributed by atoms with Gasteiger partial charge in [0.2, 0.25) is 0 Å². The van der Waals surface area contributed by atoms with E-state index in [2.05, 4.69) is 14.8 Å². The molecule has 0 aliphatic carbocycles. The lowest BCUT2D eigenvalue weighted by molar-refractivity contribution is 0.0599. The van der Waals surface area contributed by atoms with Crippen LogP contribution in [0.3, 0.4) is 0 Å². The molecule has 1 heterocycles. The number of rotatable bonds is 7. The summed E-state index contributed by atoms with van der Waals surface area (Å²) in [7, 11) is 2.42. The molecule has 0 aliphatic heterocycles. The molecule has 0 atom stereocenters. The van der Waals surface area contributed by atoms with Gasteiger partial charge in [-0.05, 0) is 61.0 Å². The summed E-state index contributed by atoms with van der Waals surface area (Å²) in [6.45, 7) is 1.98. The van der Waals surface area contributed by atoms with E-state index in [-0.39, 0.29) is 29.2 Å². The lowest BCUT2D eigenvalue weighted by Crippen LogP contribution is -2.13. The molecular weight excluding hydrogens is 438 g/mol. The van der Waals surface area contributed by atoms with Gasteiger partial charge in [0.25, 0.3) is 5.91 Å². The van der Waals surface area contributed by atoms with E-state index in [1.54, 1.807) is 24.3 Å². The van der Waals surface area contributed by atoms with Crippen LogP contribution in [0.4, 0.5) is 5.69 Å². The third-order valence-corrected chi connectivity index (χ3v) is 4.66. The minimum Gasteiger partial charge on any atom is -0.485 e. The Labute approximate surface area is 189 Å². The predicted octanol–water partition coefficient (Wildman–Crippen LogP) is 4.65. The van der Waals surface area contributed by atoms with Crippen LogP contribution < -0.4 is 10.1 Å². The predicted molar refractivity (Wildman–Crippen MR) is 116 cm³/mol. The van der Waals surface area contributed by atoms with Crippen molar-refractivity contribution in [2.45, 2.75) is 13.5 Å². The third kappa shape index (κ3) is 5.47. The van der Waals surface area contributed by atoms with Crippen LogP contribution in [0.2, 0.25) is 5.02 Å². The molecule has 0 aliphatic rings. The molecule has 32 heavy (non-hydrogen) atoms. The third-order valence-electron chi connectivity index (χ3n) is 4.43. The average Bonchev–Trinajstić information content (AvgIpc) is 3.26. The van der Waals surface area contributed by atoms with Crippen molar-refractivity contribution >= 4 is 35.1 Å². The van der Waals surface area contributed by atoms with E-state index in [1.807, 2.05) is 6.92 Å². The normalized spacial score (nSPS) is 10.4. The first-order valence-corrected chi connectivity index (χ1v) is 9.79. The molecule has 0 bridgehead atoms. The van der Waals surface area contributed by atoms with Crippen LogP contribution in [0.25, 0.3) is 0 Å². The van der Waals surface area contributed by atoms with Crippen molar-refractivity contribution in [1.82, 2.24) is 0 Å². The SMILES string of the molecule is COC(=O)c1cc(NC(=O)c2ccc(COc3ccc(Cl)cc3C)o2)cc(C(=O)OC)c1. The summed E-state index contributed by atoms with van der Waals surface area (Å²) in [5.41, 5.74) is 1.23. The topological polar surface area (TPSA) is 104 Å². The number of carbonyl (C=O) groups excluding carboxylic acids is 3. The van der Waals surface area contributed by atoms with E-state index in [4.69, 9.17) is 20.8 Å². The van der Waals surface area contributed by atoms with Crippen LogP contribution in [0, 0.1) is 6.92 Å². The van der Waals surface area contributed by atoms with E-state index >= 15 is 0 Å². The first kappa shape index (κ1) is 22.9. The molecule has 0 radical (unpaired) electrons. The van der Waals surface area contributed by atoms with Gasteiger partial charge in [-0.1, -0.05) is 11.6 Å². The maximum absolute atomic E-state index is 12.6. The molecule has 1 amide bonds. The number of anilines is 1. The summed E-state index contributed by atoms with van der Waals surface area (Å²) >= 11 is 5.94. The standard InChI is InChI=1S/C23H20ClNO7/c1-13-8-16(24)4-6-19(13)31-12-18-5-7-20(32-18)21(26)25-17-10-14(22(27)29-2)9-15(11-17)23(28)30-3/h4-11H,12H2,1-3H3,(H,25,26). The largest absolute Gasteiger partial charge is 0.485 e. The van der Waals surface area contributed by atoms with Crippen molar-refractivity contribution in [2.75, 3.05) is 19.5 Å². The molecule has 0 unspecified atom stereocenters. The number of nitrogens with one attached hydrogen (secondary N) is 1. The number of benzene rings is 2. The van der Waals surface area contributed by atoms with Gasteiger partial charge in [-0.2, -0.15) is 0 Å². The Bertz CT molecular complexity index is 1130. The minimum absolute atomic E-state index is 0.0273. The van der Waals surface area contributed by atoms with Crippen molar-refractivity contribution in [3.8, 4) is 5.75 Å². The molecule has 1 aromatic heterocycles. The Hall–Kier alpha value is -3.78. The highest BCUT2D eigenvalue weighted by Gasteiger charge is 2.17. The van der Waals surface area contributed by atoms with Gasteiger partial charge in [0.05, 0.1) is 25.3 Å². The number of hydrogen-bond acceptors (Lipinski definition) is 7. The summed E-state index contributed by atoms with van der Waals surface area (Å²) in [6.07, 6.45) is 0. The number of esters is 2. The maximum atomic E-state index is 12.6. The van der Waals surface area contributed by atoms with E-state index < -0.39 is 17.8 Å². The Morgan fingerprint density at radius 3 is 2.19 bits per heavy atom. The number of halogens is 1. The van der Waals surface area contributed by atoms with Crippen LogP contribution >= 0.6 is 11.6 Å². The Kier molecular flexibility index (Phi) is 7.17. The molecule has 0 spiro atoms. The lowest BCUT2D eigenvalue weighted by Gasteiger charge is -2.09. The molecule has 1 N–H and O–H groups in total. The van der Waals surface area contributed by atoms with E-state index in [9.17, 15) is 14.4 Å². The fourth-order valence-electron chi connectivity index (χ4n) is 2.87. The molecular formula is C23H20ClNO7. The second-order valence-electron chi connectivity index (χ2n) is 6.70. The van der Waals surface area contributed by atoms with E-state index in [0.29, 0.717) is 16.5 Å². The van der Waals surface area contributed by atoms with Crippen LogP contribution in [0.5, 0.6) is 5.75 Å². The van der Waals surface area contributed by atoms with Crippen molar-refractivity contribution in [2.24, 2.45) is 0 Å². The first-order chi connectivity index (χ1) is 15.3. The van der Waals surface area contributed by atoms with Gasteiger partial charge in [-0.15, -0.1) is 0 Å². The van der Waals surface area contributed by atoms with E-state index in [1.165, 1.54) is 38.5 Å². The van der Waals surface area contributed by atoms with Crippen LogP contribution in [0.15, 0.2) is 52.9 Å². The van der Waals surface area contributed by atoms with Gasteiger partial charge < -0.3 is 23.9 Å². The number of furan rings is 1. The second kappa shape index (κ2) is 10.0. The Morgan fingerprint density at radius 2 is 1.59 bits per heavy atom. The lowest BCUT2D eigenvalue weighted by atomic mass is 10.1. The zero-order chi connectivity index (χ0) is 23.3. The molecule has 166 valence electrons. The summed E-state index contributed by atoms with van der Waals surface area (Å²) in [6, 6.07) is 12.4. The Balaban J connectivity index is 1.73. The molecule has 8 nitrogen and oxygen atoms in total. The summed E-state index contributed by atoms with van der Waals surface area (Å²) in [5, 5.41) is 3.21. The smallest absolute Gasteiger partial charge is 0.337 e. The van der Waals surface area contributed by atoms with Gasteiger partial charge in [0.1, 0.15) is 18.1 Å². The van der Waals surface area contributed by atoms with Crippen LogP contribution in [-0.4, -0.2) is 32.1 Å². The van der Waals surface area contributed by atoms with Crippen molar-refractivity contribution < 1.29 is 33.0 Å². The van der Waals surface area contributed by atoms with Crippen molar-refractivity contribution in [3.63, 3.8) is 0 Å². The quantitative estimate of drug-likeness (QED) is 0.515. The summed E-state index contributed by atoms with van der Waals surface area (Å²) in [5.74, 6) is -0.798. The van der Waals surface area contributed by atoms with Crippen molar-refractivity contribution in [1.29, 1.82) is 0 Å². The monoisotopic (exact) mass is 457 g/mol. The fourth-order valence-corrected chi connectivity index (χ4v) is 3.09. The number of amides is 1. The highest BCUT2D eigenvalue weighted by atomic mass is 35.5. The molecule has 3 rings (SSSR count). The Morgan fingerprint density at radius 1 is 0.938 bits per heavy atom. The number of aryl methyl sites for hydroxylation is 1. The highest BCUT2D eigenvalue weighted by molar-refractivity contribution is 6.30. The molecule has 0 saturated heterocycles. The first-order valence-electron chi connectivity index (χ1n) is 9.41. The second-order valence-corrected chi connectivity index (χ2v) is 7.14. The number of carbonyl (C=O) groups is 3. The average molecular weight is 458 g/mol. The number of hydrogen-bond donors (Lipinski definition) is 1. The number of ether oxygens (including phenoxy) is 3. The minimum atomic E-state index is -0.666. The molecule has 9 heteroatoms. The molecule has 2 aromatic carbocycles. The number of methoxy groups -OCH3 is 2. The fraction of sp³-hybridized carbons (Fsp3) is 0.174. The van der Waals surface area contributed by atoms with Gasteiger partial charge in [0, 0.05) is 10.7 Å². The molecule has 0 saturated carbocycles. The summed E-state index contributed by atoms with van der Waals surface area (Å²) < 4.78 is 20.6. The molecule has 3 aromatic rings. The highest BCUT2D eigenvalue weighted by Crippen LogP contribution is 2.23. The van der Waals surface area contributed by atoms with E-state index in [0.717, 1.165) is 5.56 Å². The summed E-state index contributed by atoms with van der Waals surface area (Å²) in [4.78, 5) is 36.4. The van der Waals surface area contributed by atoms with Crippen LogP contribution in [0.1, 0.15) is 42.6 Å². The molecule has 0 fully saturated rings. The van der Waals surface area contributed by atoms with Crippen LogP contribution in [-0.2, 0) is 16.1 Å². The van der Waals surface area contributed by atoms with Gasteiger partial charge in [0.15, 0.2) is 5.76 Å². The van der Waals surface area contributed by atoms with Crippen molar-refractivity contribution in [3.05, 3.63) is 81.8 Å². The zero-order valence-corrected chi connectivity index (χ0v) is 18.3. The maximum Gasteiger partial charge on any atom is 0.337 e. The van der Waals surface area contributed by atoms with Gasteiger partial charge in [-0.25, -0.2) is 9.59 Å². The van der Waals surface area contributed by atoms with Gasteiger partial charge in [-0.3, -0.25) is 4.79 Å².